The predicted molar refractivity (Wildman–Crippen MR) is 134 cm³/mol. The number of guanidine groups is 1. The Kier molecular flexibility index (Phi) is 12.2. The lowest BCUT2D eigenvalue weighted by atomic mass is 9.72. The highest BCUT2D eigenvalue weighted by Gasteiger charge is 2.31. The number of hydrogen-bond acceptors (Lipinski definition) is 4. The number of halogens is 1. The van der Waals surface area contributed by atoms with E-state index >= 15 is 0 Å². The maximum absolute atomic E-state index is 11.7. The van der Waals surface area contributed by atoms with Gasteiger partial charge in [0.2, 0.25) is 10.0 Å². The molecular weight excluding hydrogens is 515 g/mol. The molecule has 0 amide bonds. The molecule has 0 bridgehead atoms. The Labute approximate surface area is 198 Å². The summed E-state index contributed by atoms with van der Waals surface area (Å²) < 4.78 is 25.6. The van der Waals surface area contributed by atoms with Crippen LogP contribution in [0.25, 0.3) is 0 Å². The van der Waals surface area contributed by atoms with Gasteiger partial charge in [0.25, 0.3) is 0 Å². The summed E-state index contributed by atoms with van der Waals surface area (Å²) in [6, 6.07) is 7.50. The van der Waals surface area contributed by atoms with E-state index in [4.69, 9.17) is 0 Å². The van der Waals surface area contributed by atoms with Crippen molar-refractivity contribution in [1.29, 1.82) is 0 Å². The highest BCUT2D eigenvalue weighted by molar-refractivity contribution is 14.0. The molecule has 7 nitrogen and oxygen atoms in total. The third-order valence-corrected chi connectivity index (χ3v) is 6.98. The second kappa shape index (κ2) is 13.5. The second-order valence-electron chi connectivity index (χ2n) is 7.86. The van der Waals surface area contributed by atoms with Gasteiger partial charge in [-0.2, -0.15) is 0 Å². The Morgan fingerprint density at radius 1 is 1.10 bits per heavy atom. The van der Waals surface area contributed by atoms with Gasteiger partial charge < -0.3 is 15.7 Å². The maximum Gasteiger partial charge on any atom is 0.215 e. The summed E-state index contributed by atoms with van der Waals surface area (Å²) in [5.41, 5.74) is 1.93. The first-order valence-electron chi connectivity index (χ1n) is 10.5. The van der Waals surface area contributed by atoms with E-state index in [1.165, 1.54) is 26.3 Å². The first kappa shape index (κ1) is 27.1. The molecule has 172 valence electrons. The van der Waals surface area contributed by atoms with E-state index in [1.807, 2.05) is 31.2 Å². The quantitative estimate of drug-likeness (QED) is 0.203. The molecule has 0 radical (unpaired) electrons. The van der Waals surface area contributed by atoms with Gasteiger partial charge in [-0.15, -0.1) is 24.0 Å². The summed E-state index contributed by atoms with van der Waals surface area (Å²) in [6.45, 7) is 4.38. The van der Waals surface area contributed by atoms with Crippen LogP contribution >= 0.6 is 24.0 Å². The van der Waals surface area contributed by atoms with Crippen molar-refractivity contribution in [2.24, 2.45) is 10.4 Å². The molecular formula is C21H37IN4O3S. The number of rotatable bonds is 10. The van der Waals surface area contributed by atoms with Gasteiger partial charge in [0.05, 0.1) is 12.3 Å². The van der Waals surface area contributed by atoms with E-state index in [-0.39, 0.29) is 41.8 Å². The van der Waals surface area contributed by atoms with Crippen molar-refractivity contribution in [3.8, 4) is 0 Å². The minimum atomic E-state index is -3.26. The summed E-state index contributed by atoms with van der Waals surface area (Å²) in [4.78, 5) is 4.68. The average molecular weight is 553 g/mol. The van der Waals surface area contributed by atoms with Crippen LogP contribution in [0.4, 0.5) is 0 Å². The molecule has 0 heterocycles. The zero-order valence-electron chi connectivity index (χ0n) is 18.1. The van der Waals surface area contributed by atoms with Crippen molar-refractivity contribution in [3.63, 3.8) is 0 Å². The summed E-state index contributed by atoms with van der Waals surface area (Å²) in [5, 5.41) is 16.3. The lowest BCUT2D eigenvalue weighted by molar-refractivity contribution is 0.131. The summed E-state index contributed by atoms with van der Waals surface area (Å²) in [5.74, 6) is 0.752. The number of nitrogens with one attached hydrogen (secondary N) is 3. The Bertz CT molecular complexity index is 743. The van der Waals surface area contributed by atoms with E-state index in [0.29, 0.717) is 6.54 Å². The molecule has 0 unspecified atom stereocenters. The van der Waals surface area contributed by atoms with Gasteiger partial charge >= 0.3 is 0 Å². The topological polar surface area (TPSA) is 103 Å². The second-order valence-corrected chi connectivity index (χ2v) is 9.79. The minimum Gasteiger partial charge on any atom is -0.396 e. The van der Waals surface area contributed by atoms with Gasteiger partial charge in [0, 0.05) is 19.7 Å². The van der Waals surface area contributed by atoms with E-state index in [1.54, 1.807) is 0 Å². The highest BCUT2D eigenvalue weighted by Crippen LogP contribution is 2.38. The standard InChI is InChI=1S/C21H36N4O3S.HI/c1-3-23-20(25-17-21(13-14-26)11-5-4-6-12-21)24-15-18-7-9-19(10-8-18)16-29(27,28)22-2;/h7-10,22,26H,3-6,11-17H2,1-2H3,(H2,23,24,25);1H. The number of aliphatic imine (C=N–C) groups is 1. The molecule has 30 heavy (non-hydrogen) atoms. The molecule has 4 N–H and O–H groups in total. The smallest absolute Gasteiger partial charge is 0.215 e. The molecule has 1 aliphatic rings. The van der Waals surface area contributed by atoms with Crippen LogP contribution in [0.5, 0.6) is 0 Å². The lowest BCUT2D eigenvalue weighted by Gasteiger charge is -2.37. The molecule has 1 fully saturated rings. The molecule has 2 rings (SSSR count). The van der Waals surface area contributed by atoms with Gasteiger partial charge in [-0.05, 0) is 49.8 Å². The zero-order valence-corrected chi connectivity index (χ0v) is 21.3. The Hall–Kier alpha value is -0.910. The van der Waals surface area contributed by atoms with Crippen molar-refractivity contribution in [1.82, 2.24) is 15.4 Å². The first-order chi connectivity index (χ1) is 13.9. The molecule has 0 aliphatic heterocycles. The summed E-state index contributed by atoms with van der Waals surface area (Å²) in [7, 11) is -1.84. The number of sulfonamides is 1. The number of nitrogens with zero attached hydrogens (tertiary/aromatic N) is 1. The van der Waals surface area contributed by atoms with E-state index < -0.39 is 10.0 Å². The van der Waals surface area contributed by atoms with Crippen molar-refractivity contribution < 1.29 is 13.5 Å². The number of aliphatic hydroxyl groups is 1. The van der Waals surface area contributed by atoms with E-state index in [2.05, 4.69) is 20.3 Å². The number of benzene rings is 1. The van der Waals surface area contributed by atoms with Crippen molar-refractivity contribution in [3.05, 3.63) is 35.4 Å². The molecule has 1 aromatic rings. The number of hydrogen-bond donors (Lipinski definition) is 4. The van der Waals surface area contributed by atoms with Gasteiger partial charge in [-0.25, -0.2) is 18.1 Å². The van der Waals surface area contributed by atoms with Crippen molar-refractivity contribution >= 4 is 40.0 Å². The Morgan fingerprint density at radius 3 is 2.30 bits per heavy atom. The summed E-state index contributed by atoms with van der Waals surface area (Å²) in [6.07, 6.45) is 6.87. The fourth-order valence-electron chi connectivity index (χ4n) is 3.87. The average Bonchev–Trinajstić information content (AvgIpc) is 2.72. The van der Waals surface area contributed by atoms with Crippen molar-refractivity contribution in [2.75, 3.05) is 26.7 Å². The van der Waals surface area contributed by atoms with Crippen LogP contribution < -0.4 is 15.4 Å². The molecule has 0 saturated heterocycles. The predicted octanol–water partition coefficient (Wildman–Crippen LogP) is 2.74. The van der Waals surface area contributed by atoms with Gasteiger partial charge in [0.1, 0.15) is 0 Å². The molecule has 9 heteroatoms. The van der Waals surface area contributed by atoms with Gasteiger partial charge in [0.15, 0.2) is 5.96 Å². The molecule has 1 aromatic carbocycles. The van der Waals surface area contributed by atoms with Crippen molar-refractivity contribution in [2.45, 2.75) is 57.7 Å². The fourth-order valence-corrected chi connectivity index (χ4v) is 4.65. The van der Waals surface area contributed by atoms with Crippen LogP contribution in [-0.4, -0.2) is 46.2 Å². The fraction of sp³-hybridized carbons (Fsp3) is 0.667. The van der Waals surface area contributed by atoms with Crippen LogP contribution in [0, 0.1) is 5.41 Å². The van der Waals surface area contributed by atoms with E-state index in [0.717, 1.165) is 49.4 Å². The molecule has 0 spiro atoms. The third kappa shape index (κ3) is 9.07. The van der Waals surface area contributed by atoms with Crippen LogP contribution in [0.1, 0.15) is 56.6 Å². The minimum absolute atomic E-state index is 0. The monoisotopic (exact) mass is 552 g/mol. The van der Waals surface area contributed by atoms with Crippen LogP contribution in [-0.2, 0) is 22.3 Å². The molecule has 0 aromatic heterocycles. The van der Waals surface area contributed by atoms with E-state index in [9.17, 15) is 13.5 Å². The summed E-state index contributed by atoms with van der Waals surface area (Å²) >= 11 is 0. The number of aliphatic hydroxyl groups excluding tert-OH is 1. The Morgan fingerprint density at radius 2 is 1.73 bits per heavy atom. The highest BCUT2D eigenvalue weighted by atomic mass is 127. The third-order valence-electron chi connectivity index (χ3n) is 5.64. The lowest BCUT2D eigenvalue weighted by Crippen LogP contribution is -2.44. The van der Waals surface area contributed by atoms with Gasteiger partial charge in [-0.1, -0.05) is 43.5 Å². The van der Waals surface area contributed by atoms with Crippen LogP contribution in [0.3, 0.4) is 0 Å². The molecule has 1 saturated carbocycles. The van der Waals surface area contributed by atoms with Crippen LogP contribution in [0.2, 0.25) is 0 Å². The SMILES string of the molecule is CCNC(=NCc1ccc(CS(=O)(=O)NC)cc1)NCC1(CCO)CCCCC1.I. The normalized spacial score (nSPS) is 16.6. The van der Waals surface area contributed by atoms with Gasteiger partial charge in [-0.3, -0.25) is 0 Å². The Balaban J connectivity index is 0.00000450. The van der Waals surface area contributed by atoms with Crippen LogP contribution in [0.15, 0.2) is 29.3 Å². The maximum atomic E-state index is 11.7. The largest absolute Gasteiger partial charge is 0.396 e. The molecule has 1 aliphatic carbocycles. The first-order valence-corrected chi connectivity index (χ1v) is 12.2. The zero-order chi connectivity index (χ0) is 21.2. The molecule has 0 atom stereocenters.